The van der Waals surface area contributed by atoms with Gasteiger partial charge in [-0.1, -0.05) is 17.7 Å². The summed E-state index contributed by atoms with van der Waals surface area (Å²) in [6.07, 6.45) is 1.36. The first kappa shape index (κ1) is 10.7. The zero-order valence-electron chi connectivity index (χ0n) is 8.13. The highest BCUT2D eigenvalue weighted by Gasteiger charge is 2.17. The van der Waals surface area contributed by atoms with Crippen LogP contribution in [0.4, 0.5) is 5.69 Å². The number of carbonyl (C=O) groups excluding carboxylic acids is 1. The molecule has 5 heteroatoms. The Morgan fingerprint density at radius 3 is 2.75 bits per heavy atom. The molecule has 0 radical (unpaired) electrons. The maximum Gasteiger partial charge on any atom is 0.317 e. The van der Waals surface area contributed by atoms with Crippen LogP contribution in [-0.4, -0.2) is 11.1 Å². The molecule has 2 rings (SSSR count). The Hall–Kier alpha value is -1.78. The highest BCUT2D eigenvalue weighted by atomic mass is 35.5. The summed E-state index contributed by atoms with van der Waals surface area (Å²) in [5.74, 6) is -0.588. The lowest BCUT2D eigenvalue weighted by molar-refractivity contribution is 0.0826. The quantitative estimate of drug-likeness (QED) is 0.645. The molecule has 0 aliphatic carbocycles. The number of nitrogens with zero attached hydrogens (tertiary/aromatic N) is 1. The summed E-state index contributed by atoms with van der Waals surface area (Å²) >= 11 is 5.75. The van der Waals surface area contributed by atoms with Crippen LogP contribution >= 0.6 is 11.6 Å². The summed E-state index contributed by atoms with van der Waals surface area (Å²) in [5.41, 5.74) is 0.286. The minimum absolute atomic E-state index is 0.0578. The molecule has 0 saturated carbocycles. The fraction of sp³-hybridized carbons (Fsp3) is 0. The molecule has 0 saturated heterocycles. The van der Waals surface area contributed by atoms with Gasteiger partial charge >= 0.3 is 5.91 Å². The number of amides is 1. The molecule has 1 amide bonds. The van der Waals surface area contributed by atoms with Crippen LogP contribution in [-0.2, 0) is 0 Å². The molecule has 16 heavy (non-hydrogen) atoms. The Kier molecular flexibility index (Phi) is 2.94. The molecule has 4 nitrogen and oxygen atoms in total. The number of rotatable bonds is 2. The Morgan fingerprint density at radius 2 is 2.12 bits per heavy atom. The Morgan fingerprint density at radius 1 is 1.31 bits per heavy atom. The minimum Gasteiger partial charge on any atom is -0.459 e. The number of hydrogen-bond acceptors (Lipinski definition) is 3. The normalized spacial score (nSPS) is 10.1. The molecule has 1 N–H and O–H groups in total. The summed E-state index contributed by atoms with van der Waals surface area (Å²) < 4.78 is 4.88. The highest BCUT2D eigenvalue weighted by molar-refractivity contribution is 6.30. The first-order valence-corrected chi connectivity index (χ1v) is 4.88. The van der Waals surface area contributed by atoms with E-state index in [1.807, 2.05) is 0 Å². The van der Waals surface area contributed by atoms with E-state index >= 15 is 0 Å². The number of benzene rings is 1. The van der Waals surface area contributed by atoms with Gasteiger partial charge in [-0.25, -0.2) is 0 Å². The van der Waals surface area contributed by atoms with E-state index < -0.39 is 5.91 Å². The van der Waals surface area contributed by atoms with Gasteiger partial charge in [0.05, 0.1) is 12.0 Å². The van der Waals surface area contributed by atoms with Crippen LogP contribution in [0.25, 0.3) is 0 Å². The SMILES string of the molecule is O=C(c1ccco1)N(O)c1cccc(Cl)c1. The minimum atomic E-state index is -0.646. The molecule has 0 fully saturated rings. The van der Waals surface area contributed by atoms with Gasteiger partial charge in [-0.3, -0.25) is 10.0 Å². The molecular weight excluding hydrogens is 230 g/mol. The van der Waals surface area contributed by atoms with Crippen LogP contribution < -0.4 is 5.06 Å². The Labute approximate surface area is 96.6 Å². The van der Waals surface area contributed by atoms with Gasteiger partial charge in [-0.15, -0.1) is 0 Å². The number of hydroxylamine groups is 1. The number of carbonyl (C=O) groups is 1. The Balaban J connectivity index is 2.26. The molecule has 0 unspecified atom stereocenters. The third-order valence-electron chi connectivity index (χ3n) is 1.98. The van der Waals surface area contributed by atoms with E-state index in [1.54, 1.807) is 24.3 Å². The van der Waals surface area contributed by atoms with Crippen molar-refractivity contribution in [3.8, 4) is 0 Å². The largest absolute Gasteiger partial charge is 0.459 e. The zero-order chi connectivity index (χ0) is 11.5. The number of halogens is 1. The second kappa shape index (κ2) is 4.38. The monoisotopic (exact) mass is 237 g/mol. The smallest absolute Gasteiger partial charge is 0.317 e. The van der Waals surface area contributed by atoms with Gasteiger partial charge in [0.1, 0.15) is 0 Å². The van der Waals surface area contributed by atoms with Gasteiger partial charge in [0.25, 0.3) is 0 Å². The summed E-state index contributed by atoms with van der Waals surface area (Å²) in [6, 6.07) is 9.36. The molecule has 0 spiro atoms. The van der Waals surface area contributed by atoms with Crippen molar-refractivity contribution in [2.75, 3.05) is 5.06 Å². The van der Waals surface area contributed by atoms with Crippen LogP contribution in [0, 0.1) is 0 Å². The van der Waals surface area contributed by atoms with E-state index in [4.69, 9.17) is 16.0 Å². The van der Waals surface area contributed by atoms with Crippen molar-refractivity contribution >= 4 is 23.2 Å². The predicted molar refractivity (Wildman–Crippen MR) is 58.8 cm³/mol. The summed E-state index contributed by atoms with van der Waals surface area (Å²) in [4.78, 5) is 11.7. The van der Waals surface area contributed by atoms with Gasteiger partial charge in [0.15, 0.2) is 5.76 Å². The average molecular weight is 238 g/mol. The molecule has 0 bridgehead atoms. The molecular formula is C11H8ClNO3. The van der Waals surface area contributed by atoms with Gasteiger partial charge < -0.3 is 4.42 Å². The first-order valence-electron chi connectivity index (χ1n) is 4.51. The van der Waals surface area contributed by atoms with Crippen LogP contribution in [0.15, 0.2) is 47.1 Å². The molecule has 1 aromatic carbocycles. The number of hydrogen-bond donors (Lipinski definition) is 1. The van der Waals surface area contributed by atoms with Crippen molar-refractivity contribution in [2.24, 2.45) is 0 Å². The average Bonchev–Trinajstić information content (AvgIpc) is 2.80. The lowest BCUT2D eigenvalue weighted by Gasteiger charge is -2.13. The third kappa shape index (κ3) is 2.08. The van der Waals surface area contributed by atoms with Crippen molar-refractivity contribution in [3.63, 3.8) is 0 Å². The van der Waals surface area contributed by atoms with E-state index in [9.17, 15) is 10.0 Å². The molecule has 0 aliphatic heterocycles. The van der Waals surface area contributed by atoms with Gasteiger partial charge in [-0.05, 0) is 30.3 Å². The van der Waals surface area contributed by atoms with Crippen molar-refractivity contribution in [1.82, 2.24) is 0 Å². The van der Waals surface area contributed by atoms with Crippen molar-refractivity contribution in [3.05, 3.63) is 53.4 Å². The van der Waals surface area contributed by atoms with Crippen LogP contribution in [0.5, 0.6) is 0 Å². The lowest BCUT2D eigenvalue weighted by Crippen LogP contribution is -2.26. The molecule has 0 aliphatic rings. The fourth-order valence-corrected chi connectivity index (χ4v) is 1.41. The first-order chi connectivity index (χ1) is 7.68. The topological polar surface area (TPSA) is 53.7 Å². The number of furan rings is 1. The maximum absolute atomic E-state index is 11.7. The van der Waals surface area contributed by atoms with Crippen LogP contribution in [0.3, 0.4) is 0 Å². The highest BCUT2D eigenvalue weighted by Crippen LogP contribution is 2.19. The molecule has 0 atom stereocenters. The summed E-state index contributed by atoms with van der Waals surface area (Å²) in [6.45, 7) is 0. The van der Waals surface area contributed by atoms with Crippen LogP contribution in [0.1, 0.15) is 10.6 Å². The second-order valence-electron chi connectivity index (χ2n) is 3.07. The van der Waals surface area contributed by atoms with Crippen molar-refractivity contribution in [2.45, 2.75) is 0 Å². The summed E-state index contributed by atoms with van der Waals surface area (Å²) in [5, 5.41) is 10.6. The third-order valence-corrected chi connectivity index (χ3v) is 2.21. The Bertz CT molecular complexity index is 496. The van der Waals surface area contributed by atoms with E-state index in [1.165, 1.54) is 18.4 Å². The van der Waals surface area contributed by atoms with E-state index in [0.717, 1.165) is 0 Å². The lowest BCUT2D eigenvalue weighted by atomic mass is 10.3. The van der Waals surface area contributed by atoms with Crippen molar-refractivity contribution < 1.29 is 14.4 Å². The second-order valence-corrected chi connectivity index (χ2v) is 3.51. The number of anilines is 1. The van der Waals surface area contributed by atoms with Gasteiger partial charge in [0.2, 0.25) is 0 Å². The van der Waals surface area contributed by atoms with Gasteiger partial charge in [-0.2, -0.15) is 5.06 Å². The zero-order valence-corrected chi connectivity index (χ0v) is 8.89. The summed E-state index contributed by atoms with van der Waals surface area (Å²) in [7, 11) is 0. The molecule has 1 heterocycles. The maximum atomic E-state index is 11.7. The standard InChI is InChI=1S/C11H8ClNO3/c12-8-3-1-4-9(7-8)13(15)11(14)10-5-2-6-16-10/h1-7,15H. The molecule has 82 valence electrons. The van der Waals surface area contributed by atoms with Crippen LogP contribution in [0.2, 0.25) is 5.02 Å². The predicted octanol–water partition coefficient (Wildman–Crippen LogP) is 2.97. The van der Waals surface area contributed by atoms with Crippen molar-refractivity contribution in [1.29, 1.82) is 0 Å². The van der Waals surface area contributed by atoms with E-state index in [2.05, 4.69) is 0 Å². The van der Waals surface area contributed by atoms with E-state index in [0.29, 0.717) is 10.1 Å². The molecule has 2 aromatic rings. The molecule has 1 aromatic heterocycles. The fourth-order valence-electron chi connectivity index (χ4n) is 1.23. The van der Waals surface area contributed by atoms with Gasteiger partial charge in [0, 0.05) is 5.02 Å². The van der Waals surface area contributed by atoms with E-state index in [-0.39, 0.29) is 11.4 Å².